The maximum atomic E-state index is 4.35. The molecule has 2 heterocycles. The molecule has 2 aromatic heterocycles. The van der Waals surface area contributed by atoms with Crippen LogP contribution >= 0.6 is 0 Å². The second-order valence-corrected chi connectivity index (χ2v) is 3.31. The van der Waals surface area contributed by atoms with Crippen LogP contribution in [0.1, 0.15) is 11.1 Å². The van der Waals surface area contributed by atoms with Crippen LogP contribution in [0.2, 0.25) is 0 Å². The Morgan fingerprint density at radius 1 is 1.07 bits per heavy atom. The number of aromatic nitrogens is 2. The van der Waals surface area contributed by atoms with Crippen molar-refractivity contribution in [3.05, 3.63) is 54.4 Å². The fourth-order valence-corrected chi connectivity index (χ4v) is 1.51. The number of hydrogen-bond acceptors (Lipinski definition) is 2. The van der Waals surface area contributed by atoms with Gasteiger partial charge < -0.3 is 0 Å². The van der Waals surface area contributed by atoms with E-state index in [4.69, 9.17) is 0 Å². The van der Waals surface area contributed by atoms with Crippen LogP contribution in [0, 0.1) is 6.92 Å². The molecule has 0 atom stereocenters. The van der Waals surface area contributed by atoms with Crippen LogP contribution < -0.4 is 0 Å². The van der Waals surface area contributed by atoms with Gasteiger partial charge in [0.1, 0.15) is 0 Å². The lowest BCUT2D eigenvalue weighted by molar-refractivity contribution is 1.21. The molecule has 2 nitrogen and oxygen atoms in total. The highest BCUT2D eigenvalue weighted by molar-refractivity contribution is 5.70. The summed E-state index contributed by atoms with van der Waals surface area (Å²) in [5, 5.41) is 0. The van der Waals surface area contributed by atoms with Gasteiger partial charge in [0, 0.05) is 18.0 Å². The second-order valence-electron chi connectivity index (χ2n) is 3.31. The third-order valence-electron chi connectivity index (χ3n) is 2.29. The van der Waals surface area contributed by atoms with Crippen LogP contribution in [0.25, 0.3) is 17.5 Å². The molecule has 2 aromatic rings. The smallest absolute Gasteiger partial charge is 0.0960 e. The number of nitrogens with zero attached hydrogens (tertiary/aromatic N) is 2. The zero-order valence-electron chi connectivity index (χ0n) is 8.64. The van der Waals surface area contributed by atoms with Crippen LogP contribution in [0.5, 0.6) is 0 Å². The van der Waals surface area contributed by atoms with E-state index >= 15 is 0 Å². The molecule has 2 heteroatoms. The van der Waals surface area contributed by atoms with Crippen LogP contribution in [-0.4, -0.2) is 9.97 Å². The SMILES string of the molecule is C=Cc1cccnc1-c1ncccc1C. The zero-order chi connectivity index (χ0) is 10.7. The van der Waals surface area contributed by atoms with Gasteiger partial charge >= 0.3 is 0 Å². The molecule has 0 aromatic carbocycles. The molecule has 0 fully saturated rings. The topological polar surface area (TPSA) is 25.8 Å². The maximum Gasteiger partial charge on any atom is 0.0960 e. The van der Waals surface area contributed by atoms with Gasteiger partial charge in [0.15, 0.2) is 0 Å². The molecule has 0 saturated carbocycles. The predicted molar refractivity (Wildman–Crippen MR) is 62.3 cm³/mol. The molecular weight excluding hydrogens is 184 g/mol. The van der Waals surface area contributed by atoms with E-state index in [9.17, 15) is 0 Å². The average Bonchev–Trinajstić information content (AvgIpc) is 2.30. The minimum Gasteiger partial charge on any atom is -0.254 e. The lowest BCUT2D eigenvalue weighted by Crippen LogP contribution is -1.92. The lowest BCUT2D eigenvalue weighted by atomic mass is 10.1. The first-order valence-electron chi connectivity index (χ1n) is 4.82. The summed E-state index contributed by atoms with van der Waals surface area (Å²) >= 11 is 0. The van der Waals surface area contributed by atoms with Crippen molar-refractivity contribution in [2.24, 2.45) is 0 Å². The van der Waals surface area contributed by atoms with Crippen molar-refractivity contribution in [1.82, 2.24) is 9.97 Å². The van der Waals surface area contributed by atoms with Crippen molar-refractivity contribution in [2.45, 2.75) is 6.92 Å². The number of aryl methyl sites for hydroxylation is 1. The molecular formula is C13H12N2. The molecule has 0 aliphatic rings. The Bertz CT molecular complexity index is 489. The van der Waals surface area contributed by atoms with E-state index in [1.807, 2.05) is 31.2 Å². The van der Waals surface area contributed by atoms with Gasteiger partial charge in [-0.15, -0.1) is 0 Å². The molecule has 0 aliphatic heterocycles. The van der Waals surface area contributed by atoms with E-state index in [2.05, 4.69) is 16.5 Å². The largest absolute Gasteiger partial charge is 0.254 e. The summed E-state index contributed by atoms with van der Waals surface area (Å²) in [6, 6.07) is 7.85. The first-order chi connectivity index (χ1) is 7.33. The van der Waals surface area contributed by atoms with Crippen LogP contribution in [0.3, 0.4) is 0 Å². The van der Waals surface area contributed by atoms with Gasteiger partial charge in [-0.3, -0.25) is 9.97 Å². The van der Waals surface area contributed by atoms with Crippen molar-refractivity contribution < 1.29 is 0 Å². The molecule has 74 valence electrons. The molecule has 0 bridgehead atoms. The Hall–Kier alpha value is -1.96. The van der Waals surface area contributed by atoms with Crippen molar-refractivity contribution in [2.75, 3.05) is 0 Å². The molecule has 0 aliphatic carbocycles. The van der Waals surface area contributed by atoms with Crippen LogP contribution in [-0.2, 0) is 0 Å². The summed E-state index contributed by atoms with van der Waals surface area (Å²) < 4.78 is 0. The summed E-state index contributed by atoms with van der Waals surface area (Å²) in [5.41, 5.74) is 3.96. The normalized spacial score (nSPS) is 9.93. The summed E-state index contributed by atoms with van der Waals surface area (Å²) in [5.74, 6) is 0. The first-order valence-corrected chi connectivity index (χ1v) is 4.82. The summed E-state index contributed by atoms with van der Waals surface area (Å²) in [6.45, 7) is 5.81. The minimum absolute atomic E-state index is 0.894. The Morgan fingerprint density at radius 3 is 2.40 bits per heavy atom. The molecule has 0 N–H and O–H groups in total. The average molecular weight is 196 g/mol. The highest BCUT2D eigenvalue weighted by Crippen LogP contribution is 2.22. The quantitative estimate of drug-likeness (QED) is 0.737. The van der Waals surface area contributed by atoms with Gasteiger partial charge in [-0.1, -0.05) is 24.8 Å². The number of hydrogen-bond donors (Lipinski definition) is 0. The second kappa shape index (κ2) is 4.05. The first kappa shape index (κ1) is 9.59. The summed E-state index contributed by atoms with van der Waals surface area (Å²) in [7, 11) is 0. The van der Waals surface area contributed by atoms with E-state index in [1.165, 1.54) is 0 Å². The molecule has 15 heavy (non-hydrogen) atoms. The standard InChI is InChI=1S/C13H12N2/c1-3-11-7-5-9-15-13(11)12-10(2)6-4-8-14-12/h3-9H,1H2,2H3. The molecule has 2 rings (SSSR count). The summed E-state index contributed by atoms with van der Waals surface area (Å²) in [6.07, 6.45) is 5.36. The van der Waals surface area contributed by atoms with E-state index < -0.39 is 0 Å². The minimum atomic E-state index is 0.894. The fourth-order valence-electron chi connectivity index (χ4n) is 1.51. The Labute approximate surface area is 89.3 Å². The molecule has 0 unspecified atom stereocenters. The Kier molecular flexibility index (Phi) is 2.59. The van der Waals surface area contributed by atoms with Crippen molar-refractivity contribution in [3.63, 3.8) is 0 Å². The predicted octanol–water partition coefficient (Wildman–Crippen LogP) is 3.10. The molecule has 0 amide bonds. The van der Waals surface area contributed by atoms with Crippen molar-refractivity contribution >= 4 is 6.08 Å². The highest BCUT2D eigenvalue weighted by Gasteiger charge is 2.06. The van der Waals surface area contributed by atoms with Gasteiger partial charge in [-0.2, -0.15) is 0 Å². The third-order valence-corrected chi connectivity index (χ3v) is 2.29. The highest BCUT2D eigenvalue weighted by atomic mass is 14.8. The van der Waals surface area contributed by atoms with Crippen molar-refractivity contribution in [3.8, 4) is 11.4 Å². The molecule has 0 radical (unpaired) electrons. The van der Waals surface area contributed by atoms with Gasteiger partial charge in [-0.05, 0) is 24.6 Å². The Morgan fingerprint density at radius 2 is 1.73 bits per heavy atom. The molecule has 0 saturated heterocycles. The number of rotatable bonds is 2. The van der Waals surface area contributed by atoms with Gasteiger partial charge in [0.2, 0.25) is 0 Å². The van der Waals surface area contributed by atoms with Crippen LogP contribution in [0.15, 0.2) is 43.2 Å². The van der Waals surface area contributed by atoms with E-state index in [-0.39, 0.29) is 0 Å². The van der Waals surface area contributed by atoms with Gasteiger partial charge in [0.05, 0.1) is 11.4 Å². The van der Waals surface area contributed by atoms with E-state index in [0.717, 1.165) is 22.5 Å². The summed E-state index contributed by atoms with van der Waals surface area (Å²) in [4.78, 5) is 8.69. The maximum absolute atomic E-state index is 4.35. The van der Waals surface area contributed by atoms with E-state index in [1.54, 1.807) is 18.5 Å². The lowest BCUT2D eigenvalue weighted by Gasteiger charge is -2.06. The van der Waals surface area contributed by atoms with Crippen LogP contribution in [0.4, 0.5) is 0 Å². The third kappa shape index (κ3) is 1.79. The fraction of sp³-hybridized carbons (Fsp3) is 0.0769. The zero-order valence-corrected chi connectivity index (χ0v) is 8.64. The Balaban J connectivity index is 2.64. The van der Waals surface area contributed by atoms with E-state index in [0.29, 0.717) is 0 Å². The molecule has 0 spiro atoms. The van der Waals surface area contributed by atoms with Gasteiger partial charge in [0.25, 0.3) is 0 Å². The van der Waals surface area contributed by atoms with Crippen molar-refractivity contribution in [1.29, 1.82) is 0 Å². The van der Waals surface area contributed by atoms with Gasteiger partial charge in [-0.25, -0.2) is 0 Å². The number of pyridine rings is 2. The monoisotopic (exact) mass is 196 g/mol.